The Balaban J connectivity index is 4.49. The highest BCUT2D eigenvalue weighted by Gasteiger charge is 2.25. The molecule has 0 amide bonds. The van der Waals surface area contributed by atoms with Crippen LogP contribution in [0.2, 0.25) is 0 Å². The van der Waals surface area contributed by atoms with E-state index in [1.807, 2.05) is 21.1 Å². The normalized spacial score (nSPS) is 14.1. The van der Waals surface area contributed by atoms with Gasteiger partial charge in [0, 0.05) is 0 Å². The molecule has 0 rings (SSSR count). The molecule has 0 unspecified atom stereocenters. The lowest BCUT2D eigenvalue weighted by Crippen LogP contribution is -2.45. The average molecular weight is 334 g/mol. The number of nitrogens with one attached hydrogen (secondary N) is 1. The van der Waals surface area contributed by atoms with Gasteiger partial charge in [-0.05, 0) is 19.4 Å². The lowest BCUT2D eigenvalue weighted by Gasteiger charge is -2.28. The van der Waals surface area contributed by atoms with Gasteiger partial charge in [-0.25, -0.2) is 0 Å². The number of hydrogen-bond acceptors (Lipinski definition) is 6. The Morgan fingerprint density at radius 2 is 1.83 bits per heavy atom. The van der Waals surface area contributed by atoms with Gasteiger partial charge in [0.15, 0.2) is 6.10 Å². The smallest absolute Gasteiger partial charge is 0.320 e. The number of rotatable bonds is 12. The summed E-state index contributed by atoms with van der Waals surface area (Å²) in [6.07, 6.45) is -0.246. The monoisotopic (exact) mass is 334 g/mol. The molecule has 134 valence electrons. The van der Waals surface area contributed by atoms with Crippen LogP contribution < -0.4 is 11.1 Å². The number of likely N-dealkylation sites (N-methyl/N-ethyl adjacent to an activating group) is 1. The summed E-state index contributed by atoms with van der Waals surface area (Å²) in [6.45, 7) is 0.405. The molecule has 0 aliphatic heterocycles. The quantitative estimate of drug-likeness (QED) is 0.259. The molecule has 23 heavy (non-hydrogen) atoms. The fourth-order valence-corrected chi connectivity index (χ4v) is 2.02. The van der Waals surface area contributed by atoms with Crippen molar-refractivity contribution in [2.24, 2.45) is 5.73 Å². The number of aliphatic carboxylic acids is 2. The molecule has 9 heteroatoms. The maximum absolute atomic E-state index is 11.8. The number of nitrogens with zero attached hydrogens (tertiary/aromatic N) is 1. The number of quaternary nitrogens is 1. The Labute approximate surface area is 136 Å². The van der Waals surface area contributed by atoms with Crippen LogP contribution in [0.25, 0.3) is 0 Å². The summed E-state index contributed by atoms with van der Waals surface area (Å²) in [7, 11) is 5.57. The van der Waals surface area contributed by atoms with Crippen LogP contribution >= 0.6 is 0 Å². The molecular weight excluding hydrogens is 306 g/mol. The van der Waals surface area contributed by atoms with E-state index in [1.165, 1.54) is 0 Å². The molecule has 5 N–H and O–H groups in total. The maximum atomic E-state index is 11.8. The van der Waals surface area contributed by atoms with E-state index in [-0.39, 0.29) is 13.0 Å². The standard InChI is InChI=1S/C14H27N3O6/c1-17(2,3)9-10(7-12(18)19)23-13(20)8-16-11(14(21)22)5-4-6-15/h10-11,16H,4-9,15H2,1-3H3,(H-,18,19,21,22)/p+1/t10-,11+/m1/s1. The summed E-state index contributed by atoms with van der Waals surface area (Å²) in [5.41, 5.74) is 5.33. The van der Waals surface area contributed by atoms with Gasteiger partial charge >= 0.3 is 17.9 Å². The van der Waals surface area contributed by atoms with Crippen LogP contribution in [0.3, 0.4) is 0 Å². The molecule has 0 aliphatic rings. The number of hydrogen-bond donors (Lipinski definition) is 4. The van der Waals surface area contributed by atoms with Crippen molar-refractivity contribution in [1.82, 2.24) is 5.32 Å². The van der Waals surface area contributed by atoms with E-state index in [1.54, 1.807) is 0 Å². The van der Waals surface area contributed by atoms with Gasteiger partial charge in [-0.15, -0.1) is 0 Å². The van der Waals surface area contributed by atoms with Crippen molar-refractivity contribution in [1.29, 1.82) is 0 Å². The van der Waals surface area contributed by atoms with E-state index in [0.29, 0.717) is 30.4 Å². The van der Waals surface area contributed by atoms with Crippen molar-refractivity contribution in [2.75, 3.05) is 40.8 Å². The molecule has 0 saturated heterocycles. The van der Waals surface area contributed by atoms with Crippen molar-refractivity contribution in [3.05, 3.63) is 0 Å². The van der Waals surface area contributed by atoms with E-state index >= 15 is 0 Å². The number of carboxylic acid groups (broad SMARTS) is 2. The summed E-state index contributed by atoms with van der Waals surface area (Å²) in [6, 6.07) is -0.887. The van der Waals surface area contributed by atoms with Crippen molar-refractivity contribution < 1.29 is 33.8 Å². The van der Waals surface area contributed by atoms with Gasteiger partial charge in [-0.3, -0.25) is 19.7 Å². The summed E-state index contributed by atoms with van der Waals surface area (Å²) >= 11 is 0. The largest absolute Gasteiger partial charge is 0.481 e. The van der Waals surface area contributed by atoms with Crippen LogP contribution in [0.1, 0.15) is 19.3 Å². The summed E-state index contributed by atoms with van der Waals surface area (Å²) < 4.78 is 5.59. The Morgan fingerprint density at radius 1 is 1.22 bits per heavy atom. The van der Waals surface area contributed by atoms with Crippen LogP contribution in [0.5, 0.6) is 0 Å². The zero-order valence-electron chi connectivity index (χ0n) is 13.9. The molecule has 0 heterocycles. The third-order valence-electron chi connectivity index (χ3n) is 2.94. The van der Waals surface area contributed by atoms with Gasteiger partial charge in [0.05, 0.1) is 34.1 Å². The third kappa shape index (κ3) is 11.5. The Morgan fingerprint density at radius 3 is 2.26 bits per heavy atom. The maximum Gasteiger partial charge on any atom is 0.320 e. The molecule has 9 nitrogen and oxygen atoms in total. The molecule has 0 bridgehead atoms. The highest BCUT2D eigenvalue weighted by molar-refractivity contribution is 5.76. The van der Waals surface area contributed by atoms with Crippen LogP contribution in [-0.2, 0) is 19.1 Å². The number of ether oxygens (including phenoxy) is 1. The first-order valence-corrected chi connectivity index (χ1v) is 7.43. The fourth-order valence-electron chi connectivity index (χ4n) is 2.02. The number of carbonyl (C=O) groups excluding carboxylic acids is 1. The van der Waals surface area contributed by atoms with Gasteiger partial charge in [0.1, 0.15) is 12.6 Å². The molecule has 0 radical (unpaired) electrons. The first-order valence-electron chi connectivity index (χ1n) is 7.43. The molecule has 0 aromatic rings. The summed E-state index contributed by atoms with van der Waals surface area (Å²) in [4.78, 5) is 33.7. The van der Waals surface area contributed by atoms with Crippen LogP contribution in [-0.4, -0.2) is 85.5 Å². The van der Waals surface area contributed by atoms with Crippen molar-refractivity contribution >= 4 is 17.9 Å². The van der Waals surface area contributed by atoms with Crippen LogP contribution in [0.4, 0.5) is 0 Å². The zero-order chi connectivity index (χ0) is 18.0. The van der Waals surface area contributed by atoms with Crippen LogP contribution in [0.15, 0.2) is 0 Å². The van der Waals surface area contributed by atoms with Gasteiger partial charge in [0.25, 0.3) is 0 Å². The average Bonchev–Trinajstić information content (AvgIpc) is 2.35. The van der Waals surface area contributed by atoms with Gasteiger partial charge in [0.2, 0.25) is 0 Å². The minimum atomic E-state index is -1.07. The van der Waals surface area contributed by atoms with E-state index in [0.717, 1.165) is 0 Å². The molecule has 0 fully saturated rings. The second-order valence-corrected chi connectivity index (χ2v) is 6.39. The van der Waals surface area contributed by atoms with Crippen LogP contribution in [0, 0.1) is 0 Å². The summed E-state index contributed by atoms with van der Waals surface area (Å²) in [5.74, 6) is -2.81. The second kappa shape index (κ2) is 10.1. The fraction of sp³-hybridized carbons (Fsp3) is 0.786. The minimum absolute atomic E-state index is 0.295. The summed E-state index contributed by atoms with van der Waals surface area (Å²) in [5, 5.41) is 20.5. The molecule has 0 spiro atoms. The second-order valence-electron chi connectivity index (χ2n) is 6.39. The van der Waals surface area contributed by atoms with Gasteiger partial charge < -0.3 is 25.2 Å². The lowest BCUT2D eigenvalue weighted by molar-refractivity contribution is -0.873. The molecular formula is C14H28N3O6+. The highest BCUT2D eigenvalue weighted by atomic mass is 16.5. The molecule has 2 atom stereocenters. The zero-order valence-corrected chi connectivity index (χ0v) is 13.9. The Hall–Kier alpha value is -1.71. The SMILES string of the molecule is C[N+](C)(C)C[C@@H](CC(=O)O)OC(=O)CN[C@@H](CCCN)C(=O)O. The Bertz CT molecular complexity index is 408. The van der Waals surface area contributed by atoms with Crippen molar-refractivity contribution in [2.45, 2.75) is 31.4 Å². The number of carbonyl (C=O) groups is 3. The Kier molecular flexibility index (Phi) is 9.38. The molecule has 0 aliphatic carbocycles. The predicted octanol–water partition coefficient (Wildman–Crippen LogP) is -1.14. The molecule has 0 aromatic heterocycles. The number of carboxylic acids is 2. The van der Waals surface area contributed by atoms with E-state index in [4.69, 9.17) is 20.7 Å². The lowest BCUT2D eigenvalue weighted by atomic mass is 10.1. The topological polar surface area (TPSA) is 139 Å². The van der Waals surface area contributed by atoms with E-state index in [9.17, 15) is 14.4 Å². The molecule has 0 saturated carbocycles. The predicted molar refractivity (Wildman–Crippen MR) is 82.7 cm³/mol. The van der Waals surface area contributed by atoms with E-state index in [2.05, 4.69) is 5.32 Å². The first-order chi connectivity index (χ1) is 10.5. The first kappa shape index (κ1) is 21.3. The van der Waals surface area contributed by atoms with Crippen molar-refractivity contribution in [3.8, 4) is 0 Å². The number of esters is 1. The molecule has 0 aromatic carbocycles. The highest BCUT2D eigenvalue weighted by Crippen LogP contribution is 2.05. The number of nitrogens with two attached hydrogens (primary N) is 1. The third-order valence-corrected chi connectivity index (χ3v) is 2.94. The minimum Gasteiger partial charge on any atom is -0.481 e. The van der Waals surface area contributed by atoms with Crippen molar-refractivity contribution in [3.63, 3.8) is 0 Å². The van der Waals surface area contributed by atoms with Gasteiger partial charge in [-0.1, -0.05) is 0 Å². The van der Waals surface area contributed by atoms with Gasteiger partial charge in [-0.2, -0.15) is 0 Å². The van der Waals surface area contributed by atoms with E-state index < -0.39 is 30.1 Å².